The van der Waals surface area contributed by atoms with E-state index in [4.69, 9.17) is 18.9 Å². The van der Waals surface area contributed by atoms with Gasteiger partial charge in [-0.2, -0.15) is 0 Å². The molecule has 0 saturated carbocycles. The van der Waals surface area contributed by atoms with Gasteiger partial charge in [0, 0.05) is 32.8 Å². The van der Waals surface area contributed by atoms with E-state index >= 15 is 0 Å². The molecule has 0 aromatic heterocycles. The van der Waals surface area contributed by atoms with Gasteiger partial charge in [-0.25, -0.2) is 0 Å². The maximum absolute atomic E-state index is 6.04. The zero-order chi connectivity index (χ0) is 15.0. The van der Waals surface area contributed by atoms with Crippen LogP contribution in [0.5, 0.6) is 0 Å². The molecule has 1 spiro atoms. The summed E-state index contributed by atoms with van der Waals surface area (Å²) in [5.41, 5.74) is -0.0262. The van der Waals surface area contributed by atoms with Crippen LogP contribution < -0.4 is 5.32 Å². The molecule has 0 aromatic rings. The largest absolute Gasteiger partial charge is 0.382 e. The van der Waals surface area contributed by atoms with Gasteiger partial charge in [-0.1, -0.05) is 6.92 Å². The molecule has 21 heavy (non-hydrogen) atoms. The molecule has 3 atom stereocenters. The lowest BCUT2D eigenvalue weighted by atomic mass is 9.81. The Hall–Kier alpha value is -0.200. The predicted molar refractivity (Wildman–Crippen MR) is 81.6 cm³/mol. The normalized spacial score (nSPS) is 30.9. The van der Waals surface area contributed by atoms with Crippen LogP contribution in [-0.2, 0) is 18.9 Å². The highest BCUT2D eigenvalue weighted by Crippen LogP contribution is 2.37. The summed E-state index contributed by atoms with van der Waals surface area (Å²) < 4.78 is 22.4. The standard InChI is InChI=1S/C16H31NO4/c1-3-6-17-15(12-19-10-9-18-2)14-4-7-21-16(11-14)5-8-20-13-16/h14-15,17H,3-13H2,1-2H3. The molecule has 0 aliphatic carbocycles. The van der Waals surface area contributed by atoms with Crippen LogP contribution in [0.15, 0.2) is 0 Å². The molecule has 2 heterocycles. The van der Waals surface area contributed by atoms with Crippen molar-refractivity contribution in [3.63, 3.8) is 0 Å². The van der Waals surface area contributed by atoms with Crippen molar-refractivity contribution in [3.05, 3.63) is 0 Å². The Labute approximate surface area is 128 Å². The van der Waals surface area contributed by atoms with E-state index in [0.29, 0.717) is 25.2 Å². The summed E-state index contributed by atoms with van der Waals surface area (Å²) in [6.07, 6.45) is 4.37. The maximum Gasteiger partial charge on any atom is 0.0939 e. The van der Waals surface area contributed by atoms with Crippen LogP contribution in [-0.4, -0.2) is 64.9 Å². The molecule has 0 radical (unpaired) electrons. The molecule has 2 aliphatic heterocycles. The quantitative estimate of drug-likeness (QED) is 0.656. The highest BCUT2D eigenvalue weighted by atomic mass is 16.6. The van der Waals surface area contributed by atoms with Crippen LogP contribution in [0.25, 0.3) is 0 Å². The first-order valence-electron chi connectivity index (χ1n) is 8.31. The molecule has 2 saturated heterocycles. The molecule has 124 valence electrons. The van der Waals surface area contributed by atoms with Gasteiger partial charge in [0.1, 0.15) is 0 Å². The highest BCUT2D eigenvalue weighted by Gasteiger charge is 2.42. The van der Waals surface area contributed by atoms with Crippen molar-refractivity contribution >= 4 is 0 Å². The second-order valence-corrected chi connectivity index (χ2v) is 6.22. The number of methoxy groups -OCH3 is 1. The lowest BCUT2D eigenvalue weighted by Gasteiger charge is -2.40. The molecular weight excluding hydrogens is 270 g/mol. The third kappa shape index (κ3) is 5.18. The van der Waals surface area contributed by atoms with Gasteiger partial charge < -0.3 is 24.3 Å². The average Bonchev–Trinajstić information content (AvgIpc) is 2.94. The first kappa shape index (κ1) is 17.2. The Balaban J connectivity index is 1.85. The topological polar surface area (TPSA) is 49.0 Å². The Kier molecular flexibility index (Phi) is 7.40. The molecular formula is C16H31NO4. The Morgan fingerprint density at radius 1 is 1.33 bits per heavy atom. The summed E-state index contributed by atoms with van der Waals surface area (Å²) in [4.78, 5) is 0. The molecule has 1 N–H and O–H groups in total. The summed E-state index contributed by atoms with van der Waals surface area (Å²) in [6.45, 7) is 7.76. The van der Waals surface area contributed by atoms with Crippen LogP contribution in [0, 0.1) is 5.92 Å². The minimum absolute atomic E-state index is 0.0262. The second kappa shape index (κ2) is 9.06. The minimum Gasteiger partial charge on any atom is -0.382 e. The Morgan fingerprint density at radius 2 is 2.24 bits per heavy atom. The van der Waals surface area contributed by atoms with Gasteiger partial charge in [-0.15, -0.1) is 0 Å². The maximum atomic E-state index is 6.04. The van der Waals surface area contributed by atoms with Gasteiger partial charge in [0.25, 0.3) is 0 Å². The molecule has 0 bridgehead atoms. The molecule has 3 unspecified atom stereocenters. The lowest BCUT2D eigenvalue weighted by molar-refractivity contribution is -0.107. The lowest BCUT2D eigenvalue weighted by Crippen LogP contribution is -2.49. The first-order chi connectivity index (χ1) is 10.3. The second-order valence-electron chi connectivity index (χ2n) is 6.22. The third-order valence-electron chi connectivity index (χ3n) is 4.55. The van der Waals surface area contributed by atoms with Gasteiger partial charge in [0.05, 0.1) is 32.0 Å². The molecule has 2 rings (SSSR count). The van der Waals surface area contributed by atoms with E-state index in [1.54, 1.807) is 7.11 Å². The summed E-state index contributed by atoms with van der Waals surface area (Å²) in [5.74, 6) is 0.606. The van der Waals surface area contributed by atoms with Gasteiger partial charge in [-0.05, 0) is 31.7 Å². The summed E-state index contributed by atoms with van der Waals surface area (Å²) in [7, 11) is 1.71. The molecule has 2 fully saturated rings. The third-order valence-corrected chi connectivity index (χ3v) is 4.55. The van der Waals surface area contributed by atoms with Crippen molar-refractivity contribution in [1.29, 1.82) is 0 Å². The van der Waals surface area contributed by atoms with E-state index in [0.717, 1.165) is 58.7 Å². The number of hydrogen-bond donors (Lipinski definition) is 1. The van der Waals surface area contributed by atoms with E-state index in [-0.39, 0.29) is 5.60 Å². The fourth-order valence-corrected chi connectivity index (χ4v) is 3.32. The average molecular weight is 301 g/mol. The van der Waals surface area contributed by atoms with E-state index in [9.17, 15) is 0 Å². The fraction of sp³-hybridized carbons (Fsp3) is 1.00. The molecule has 5 nitrogen and oxygen atoms in total. The van der Waals surface area contributed by atoms with Crippen molar-refractivity contribution in [2.24, 2.45) is 5.92 Å². The van der Waals surface area contributed by atoms with Gasteiger partial charge in [-0.3, -0.25) is 0 Å². The number of ether oxygens (including phenoxy) is 4. The SMILES string of the molecule is CCCNC(COCCOC)C1CCOC2(CCOC2)C1. The van der Waals surface area contributed by atoms with Crippen molar-refractivity contribution in [2.45, 2.75) is 44.2 Å². The highest BCUT2D eigenvalue weighted by molar-refractivity contribution is 4.93. The predicted octanol–water partition coefficient (Wildman–Crippen LogP) is 1.60. The summed E-state index contributed by atoms with van der Waals surface area (Å²) in [6, 6.07) is 0.406. The first-order valence-corrected chi connectivity index (χ1v) is 8.31. The van der Waals surface area contributed by atoms with Gasteiger partial charge in [0.15, 0.2) is 0 Å². The van der Waals surface area contributed by atoms with E-state index in [2.05, 4.69) is 12.2 Å². The van der Waals surface area contributed by atoms with E-state index in [1.165, 1.54) is 0 Å². The zero-order valence-corrected chi connectivity index (χ0v) is 13.6. The molecule has 0 aromatic carbocycles. The Morgan fingerprint density at radius 3 is 2.95 bits per heavy atom. The molecule has 5 heteroatoms. The van der Waals surface area contributed by atoms with Crippen molar-refractivity contribution in [1.82, 2.24) is 5.32 Å². The molecule has 0 amide bonds. The summed E-state index contributed by atoms with van der Waals surface area (Å²) in [5, 5.41) is 3.66. The van der Waals surface area contributed by atoms with Crippen LogP contribution in [0.2, 0.25) is 0 Å². The van der Waals surface area contributed by atoms with Crippen molar-refractivity contribution < 1.29 is 18.9 Å². The number of nitrogens with one attached hydrogen (secondary N) is 1. The van der Waals surface area contributed by atoms with Gasteiger partial charge in [0.2, 0.25) is 0 Å². The van der Waals surface area contributed by atoms with Gasteiger partial charge >= 0.3 is 0 Å². The van der Waals surface area contributed by atoms with Crippen LogP contribution in [0.4, 0.5) is 0 Å². The number of rotatable bonds is 9. The fourth-order valence-electron chi connectivity index (χ4n) is 3.32. The van der Waals surface area contributed by atoms with E-state index < -0.39 is 0 Å². The molecule has 2 aliphatic rings. The smallest absolute Gasteiger partial charge is 0.0939 e. The minimum atomic E-state index is -0.0262. The van der Waals surface area contributed by atoms with Crippen molar-refractivity contribution in [2.75, 3.05) is 53.3 Å². The zero-order valence-electron chi connectivity index (χ0n) is 13.6. The van der Waals surface area contributed by atoms with Crippen LogP contribution >= 0.6 is 0 Å². The monoisotopic (exact) mass is 301 g/mol. The summed E-state index contributed by atoms with van der Waals surface area (Å²) >= 11 is 0. The van der Waals surface area contributed by atoms with E-state index in [1.807, 2.05) is 0 Å². The Bertz CT molecular complexity index is 281. The van der Waals surface area contributed by atoms with Crippen LogP contribution in [0.1, 0.15) is 32.6 Å². The number of hydrogen-bond acceptors (Lipinski definition) is 5. The van der Waals surface area contributed by atoms with Crippen molar-refractivity contribution in [3.8, 4) is 0 Å². The van der Waals surface area contributed by atoms with Crippen LogP contribution in [0.3, 0.4) is 0 Å².